The lowest BCUT2D eigenvalue weighted by molar-refractivity contribution is 0.201. The van der Waals surface area contributed by atoms with E-state index in [1.54, 1.807) is 77.9 Å². The van der Waals surface area contributed by atoms with Gasteiger partial charge in [-0.1, -0.05) is 24.3 Å². The van der Waals surface area contributed by atoms with Gasteiger partial charge in [0.2, 0.25) is 0 Å². The number of hydrogen-bond donors (Lipinski definition) is 1. The van der Waals surface area contributed by atoms with E-state index in [-0.39, 0.29) is 29.8 Å². The van der Waals surface area contributed by atoms with Crippen molar-refractivity contribution in [3.63, 3.8) is 0 Å². The van der Waals surface area contributed by atoms with Gasteiger partial charge < -0.3 is 28.3 Å². The van der Waals surface area contributed by atoms with Gasteiger partial charge in [-0.2, -0.15) is 8.42 Å². The average Bonchev–Trinajstić information content (AvgIpc) is 3.43. The van der Waals surface area contributed by atoms with E-state index in [4.69, 9.17) is 18.1 Å². The average molecular weight is 523 g/mol. The summed E-state index contributed by atoms with van der Waals surface area (Å²) in [6.45, 7) is 0.450. The highest BCUT2D eigenvalue weighted by atomic mass is 32.2. The Morgan fingerprint density at radius 1 is 0.838 bits per heavy atom. The first-order chi connectivity index (χ1) is 17.9. The zero-order valence-corrected chi connectivity index (χ0v) is 21.1. The van der Waals surface area contributed by atoms with E-state index in [1.165, 1.54) is 26.4 Å². The number of para-hydroxylation sites is 2. The minimum atomic E-state index is -4.02. The van der Waals surface area contributed by atoms with Crippen LogP contribution in [0.25, 0.3) is 0 Å². The van der Waals surface area contributed by atoms with Gasteiger partial charge in [-0.15, -0.1) is 0 Å². The third-order valence-electron chi connectivity index (χ3n) is 5.41. The molecule has 10 heteroatoms. The highest BCUT2D eigenvalue weighted by Gasteiger charge is 2.19. The monoisotopic (exact) mass is 522 g/mol. The molecule has 0 fully saturated rings. The second kappa shape index (κ2) is 11.5. The van der Waals surface area contributed by atoms with Crippen LogP contribution in [0.3, 0.4) is 0 Å². The van der Waals surface area contributed by atoms with Crippen molar-refractivity contribution in [3.8, 4) is 17.2 Å². The molecular formula is C27H26N2O7S. The lowest BCUT2D eigenvalue weighted by atomic mass is 10.2. The van der Waals surface area contributed by atoms with Crippen molar-refractivity contribution in [2.24, 2.45) is 0 Å². The molecule has 0 saturated heterocycles. The Labute approximate surface area is 215 Å². The summed E-state index contributed by atoms with van der Waals surface area (Å²) in [6, 6.07) is 22.7. The molecule has 0 saturated carbocycles. The first-order valence-corrected chi connectivity index (χ1v) is 12.7. The van der Waals surface area contributed by atoms with Crippen molar-refractivity contribution in [2.45, 2.75) is 18.0 Å². The summed E-state index contributed by atoms with van der Waals surface area (Å²) in [6.07, 6.45) is 1.54. The number of urea groups is 1. The molecule has 4 rings (SSSR count). The van der Waals surface area contributed by atoms with E-state index in [9.17, 15) is 13.2 Å². The quantitative estimate of drug-likeness (QED) is 0.282. The second-order valence-electron chi connectivity index (χ2n) is 7.92. The molecule has 1 N–H and O–H groups in total. The Morgan fingerprint density at radius 3 is 2.19 bits per heavy atom. The number of amides is 2. The first-order valence-electron chi connectivity index (χ1n) is 11.3. The zero-order valence-electron chi connectivity index (χ0n) is 20.3. The fraction of sp³-hybridized carbons (Fsp3) is 0.148. The summed E-state index contributed by atoms with van der Waals surface area (Å²) in [5.41, 5.74) is 1.29. The van der Waals surface area contributed by atoms with Gasteiger partial charge in [0, 0.05) is 6.54 Å². The Bertz CT molecular complexity index is 1420. The molecule has 0 radical (unpaired) electrons. The summed E-state index contributed by atoms with van der Waals surface area (Å²) in [4.78, 5) is 14.7. The Hall–Kier alpha value is -4.44. The Balaban J connectivity index is 1.48. The van der Waals surface area contributed by atoms with E-state index in [2.05, 4.69) is 5.32 Å². The molecule has 0 spiro atoms. The van der Waals surface area contributed by atoms with Crippen molar-refractivity contribution < 1.29 is 31.3 Å². The summed E-state index contributed by atoms with van der Waals surface area (Å²) in [7, 11) is -0.986. The number of furan rings is 1. The Morgan fingerprint density at radius 2 is 1.54 bits per heavy atom. The molecule has 9 nitrogen and oxygen atoms in total. The minimum Gasteiger partial charge on any atom is -0.497 e. The van der Waals surface area contributed by atoms with E-state index in [0.29, 0.717) is 22.9 Å². The maximum atomic E-state index is 13.2. The van der Waals surface area contributed by atoms with Gasteiger partial charge in [0.1, 0.15) is 27.9 Å². The predicted molar refractivity (Wildman–Crippen MR) is 137 cm³/mol. The number of nitrogens with zero attached hydrogens (tertiary/aromatic N) is 1. The van der Waals surface area contributed by atoms with Crippen LogP contribution in [0, 0.1) is 0 Å². The molecule has 0 aliphatic heterocycles. The van der Waals surface area contributed by atoms with Gasteiger partial charge in [0.15, 0.2) is 0 Å². The molecule has 2 amide bonds. The fourth-order valence-electron chi connectivity index (χ4n) is 3.52. The maximum Gasteiger partial charge on any atom is 0.339 e. The topological polar surface area (TPSA) is 107 Å². The largest absolute Gasteiger partial charge is 0.497 e. The van der Waals surface area contributed by atoms with E-state index in [1.807, 2.05) is 6.07 Å². The summed E-state index contributed by atoms with van der Waals surface area (Å²) >= 11 is 0. The molecule has 0 aliphatic carbocycles. The number of benzene rings is 3. The summed E-state index contributed by atoms with van der Waals surface area (Å²) < 4.78 is 46.3. The summed E-state index contributed by atoms with van der Waals surface area (Å²) in [5.74, 6) is 1.84. The number of anilines is 1. The standard InChI is InChI=1S/C27H26N2O7S/c1-33-21-13-15-24(16-14-21)37(31,32)36-22-11-9-20(10-12-22)18-29(19-23-6-5-17-35-23)27(30)28-25-7-3-4-8-26(25)34-2/h3-17H,18-19H2,1-2H3,(H,28,30). The van der Waals surface area contributed by atoms with Crippen LogP contribution in [0.15, 0.2) is 101 Å². The molecule has 0 unspecified atom stereocenters. The third-order valence-corrected chi connectivity index (χ3v) is 6.67. The molecule has 0 aliphatic rings. The van der Waals surface area contributed by atoms with E-state index < -0.39 is 10.1 Å². The van der Waals surface area contributed by atoms with Gasteiger partial charge in [-0.05, 0) is 66.2 Å². The molecule has 1 aromatic heterocycles. The summed E-state index contributed by atoms with van der Waals surface area (Å²) in [5, 5.41) is 2.87. The fourth-order valence-corrected chi connectivity index (χ4v) is 4.45. The van der Waals surface area contributed by atoms with Gasteiger partial charge >= 0.3 is 16.1 Å². The molecule has 3 aromatic carbocycles. The van der Waals surface area contributed by atoms with Gasteiger partial charge in [-0.25, -0.2) is 4.79 Å². The van der Waals surface area contributed by atoms with Crippen LogP contribution in [-0.4, -0.2) is 33.6 Å². The minimum absolute atomic E-state index is 0.00927. The zero-order chi connectivity index (χ0) is 26.3. The number of rotatable bonds is 10. The van der Waals surface area contributed by atoms with Gasteiger partial charge in [-0.3, -0.25) is 0 Å². The number of carbonyl (C=O) groups is 1. The number of ether oxygens (including phenoxy) is 2. The van der Waals surface area contributed by atoms with Crippen molar-refractivity contribution in [1.29, 1.82) is 0 Å². The number of methoxy groups -OCH3 is 2. The smallest absolute Gasteiger partial charge is 0.339 e. The number of nitrogens with one attached hydrogen (secondary N) is 1. The lowest BCUT2D eigenvalue weighted by Gasteiger charge is -2.23. The lowest BCUT2D eigenvalue weighted by Crippen LogP contribution is -2.34. The van der Waals surface area contributed by atoms with Crippen molar-refractivity contribution in [3.05, 3.63) is 103 Å². The van der Waals surface area contributed by atoms with Crippen LogP contribution in [0.1, 0.15) is 11.3 Å². The van der Waals surface area contributed by atoms with Crippen molar-refractivity contribution in [1.82, 2.24) is 4.90 Å². The maximum absolute atomic E-state index is 13.2. The van der Waals surface area contributed by atoms with Crippen molar-refractivity contribution >= 4 is 21.8 Å². The highest BCUT2D eigenvalue weighted by Crippen LogP contribution is 2.25. The molecule has 0 atom stereocenters. The van der Waals surface area contributed by atoms with Crippen LogP contribution in [0.5, 0.6) is 17.2 Å². The molecule has 4 aromatic rings. The number of carbonyl (C=O) groups excluding carboxylic acids is 1. The van der Waals surface area contributed by atoms with E-state index in [0.717, 1.165) is 5.56 Å². The first kappa shape index (κ1) is 25.6. The van der Waals surface area contributed by atoms with Crippen LogP contribution in [-0.2, 0) is 23.2 Å². The highest BCUT2D eigenvalue weighted by molar-refractivity contribution is 7.87. The predicted octanol–water partition coefficient (Wildman–Crippen LogP) is 5.30. The normalized spacial score (nSPS) is 11.0. The molecule has 37 heavy (non-hydrogen) atoms. The van der Waals surface area contributed by atoms with Crippen LogP contribution < -0.4 is 19.0 Å². The second-order valence-corrected chi connectivity index (χ2v) is 9.47. The van der Waals surface area contributed by atoms with Crippen LogP contribution in [0.4, 0.5) is 10.5 Å². The van der Waals surface area contributed by atoms with E-state index >= 15 is 0 Å². The molecule has 0 bridgehead atoms. The van der Waals surface area contributed by atoms with Crippen LogP contribution >= 0.6 is 0 Å². The van der Waals surface area contributed by atoms with Gasteiger partial charge in [0.25, 0.3) is 0 Å². The third kappa shape index (κ3) is 6.62. The molecular weight excluding hydrogens is 496 g/mol. The van der Waals surface area contributed by atoms with Crippen molar-refractivity contribution in [2.75, 3.05) is 19.5 Å². The molecule has 192 valence electrons. The van der Waals surface area contributed by atoms with Gasteiger partial charge in [0.05, 0.1) is 32.7 Å². The molecule has 1 heterocycles. The van der Waals surface area contributed by atoms with Crippen LogP contribution in [0.2, 0.25) is 0 Å². The SMILES string of the molecule is COc1ccc(S(=O)(=O)Oc2ccc(CN(Cc3ccco3)C(=O)Nc3ccccc3OC)cc2)cc1. The Kier molecular flexibility index (Phi) is 7.99. The number of hydrogen-bond acceptors (Lipinski definition) is 7.